The minimum Gasteiger partial charge on any atom is -0.293 e. The van der Waals surface area contributed by atoms with Crippen LogP contribution in [0.2, 0.25) is 0 Å². The molecule has 0 saturated heterocycles. The molecule has 0 aromatic carbocycles. The molecule has 0 bridgehead atoms. The predicted octanol–water partition coefficient (Wildman–Crippen LogP) is 2.42. The molecule has 2 heteroatoms. The van der Waals surface area contributed by atoms with Crippen LogP contribution in [-0.2, 0) is 0 Å². The van der Waals surface area contributed by atoms with Crippen LogP contribution in [0.3, 0.4) is 0 Å². The van der Waals surface area contributed by atoms with Crippen molar-refractivity contribution >= 4 is 8.07 Å². The summed E-state index contributed by atoms with van der Waals surface area (Å²) in [6, 6.07) is 0.642. The van der Waals surface area contributed by atoms with Crippen LogP contribution >= 0.6 is 8.07 Å². The number of nitrogens with one attached hydrogen (secondary N) is 1. The van der Waals surface area contributed by atoms with E-state index >= 15 is 0 Å². The average molecular weight is 147 g/mol. The molecular weight excluding hydrogens is 129 g/mol. The van der Waals surface area contributed by atoms with Gasteiger partial charge in [-0.3, -0.25) is 5.09 Å². The van der Waals surface area contributed by atoms with E-state index in [4.69, 9.17) is 0 Å². The summed E-state index contributed by atoms with van der Waals surface area (Å²) in [6.07, 6.45) is 0. The minimum atomic E-state index is 0.0710. The lowest BCUT2D eigenvalue weighted by atomic mass is 10.4. The summed E-state index contributed by atoms with van der Waals surface area (Å²) in [5.74, 6) is 0. The second-order valence-electron chi connectivity index (χ2n) is 2.99. The molecule has 0 aromatic rings. The molecule has 1 N–H and O–H groups in total. The van der Waals surface area contributed by atoms with Crippen LogP contribution in [0.1, 0.15) is 27.7 Å². The molecule has 0 rings (SSSR count). The lowest BCUT2D eigenvalue weighted by Gasteiger charge is -2.20. The van der Waals surface area contributed by atoms with Crippen molar-refractivity contribution in [2.24, 2.45) is 0 Å². The maximum absolute atomic E-state index is 3.51. The molecule has 0 aliphatic carbocycles. The summed E-state index contributed by atoms with van der Waals surface area (Å²) in [7, 11) is 0.0710. The largest absolute Gasteiger partial charge is 0.293 e. The van der Waals surface area contributed by atoms with Crippen LogP contribution in [0, 0.1) is 0 Å². The lowest BCUT2D eigenvalue weighted by Crippen LogP contribution is -2.19. The van der Waals surface area contributed by atoms with E-state index in [1.165, 1.54) is 0 Å². The molecule has 9 heavy (non-hydrogen) atoms. The Bertz CT molecular complexity index is 71.3. The lowest BCUT2D eigenvalue weighted by molar-refractivity contribution is 0.754. The van der Waals surface area contributed by atoms with E-state index in [-0.39, 0.29) is 8.07 Å². The molecule has 1 unspecified atom stereocenters. The van der Waals surface area contributed by atoms with Crippen LogP contribution in [0.25, 0.3) is 0 Å². The maximum atomic E-state index is 3.51. The molecule has 0 amide bonds. The molecule has 1 nitrogen and oxygen atoms in total. The van der Waals surface area contributed by atoms with Gasteiger partial charge in [-0.2, -0.15) is 0 Å². The Hall–Kier alpha value is 0.390. The highest BCUT2D eigenvalue weighted by Crippen LogP contribution is 2.31. The zero-order chi connectivity index (χ0) is 7.44. The first-order chi connectivity index (χ1) is 4.04. The Morgan fingerprint density at radius 2 is 1.56 bits per heavy atom. The highest BCUT2D eigenvalue weighted by molar-refractivity contribution is 7.55. The van der Waals surface area contributed by atoms with E-state index in [1.54, 1.807) is 0 Å². The van der Waals surface area contributed by atoms with Gasteiger partial charge in [0.15, 0.2) is 0 Å². The SMILES string of the molecule is CC(C)NP(C)C(C)C. The first-order valence-electron chi connectivity index (χ1n) is 3.53. The molecule has 0 heterocycles. The Kier molecular flexibility index (Phi) is 4.43. The van der Waals surface area contributed by atoms with Crippen molar-refractivity contribution < 1.29 is 0 Å². The summed E-state index contributed by atoms with van der Waals surface area (Å²) in [5, 5.41) is 3.51. The molecule has 0 aromatic heterocycles. The summed E-state index contributed by atoms with van der Waals surface area (Å²) < 4.78 is 0. The Morgan fingerprint density at radius 3 is 1.67 bits per heavy atom. The Balaban J connectivity index is 3.38. The van der Waals surface area contributed by atoms with Crippen LogP contribution < -0.4 is 5.09 Å². The van der Waals surface area contributed by atoms with Crippen molar-refractivity contribution in [3.8, 4) is 0 Å². The van der Waals surface area contributed by atoms with E-state index in [2.05, 4.69) is 39.4 Å². The second-order valence-corrected chi connectivity index (χ2v) is 5.50. The molecule has 0 saturated carbocycles. The van der Waals surface area contributed by atoms with Gasteiger partial charge in [-0.1, -0.05) is 13.8 Å². The van der Waals surface area contributed by atoms with Crippen LogP contribution in [-0.4, -0.2) is 18.4 Å². The third-order valence-corrected chi connectivity index (χ3v) is 3.71. The van der Waals surface area contributed by atoms with E-state index < -0.39 is 0 Å². The van der Waals surface area contributed by atoms with Crippen molar-refractivity contribution in [1.29, 1.82) is 0 Å². The topological polar surface area (TPSA) is 12.0 Å². The average Bonchev–Trinajstić information content (AvgIpc) is 1.63. The molecular formula is C7H18NP. The monoisotopic (exact) mass is 147 g/mol. The minimum absolute atomic E-state index is 0.0710. The van der Waals surface area contributed by atoms with Gasteiger partial charge in [0.2, 0.25) is 0 Å². The van der Waals surface area contributed by atoms with E-state index in [0.717, 1.165) is 5.66 Å². The molecule has 0 radical (unpaired) electrons. The van der Waals surface area contributed by atoms with Crippen molar-refractivity contribution in [2.75, 3.05) is 6.66 Å². The number of hydrogen-bond donors (Lipinski definition) is 1. The van der Waals surface area contributed by atoms with Crippen molar-refractivity contribution in [1.82, 2.24) is 5.09 Å². The summed E-state index contributed by atoms with van der Waals surface area (Å²) >= 11 is 0. The highest BCUT2D eigenvalue weighted by Gasteiger charge is 2.05. The summed E-state index contributed by atoms with van der Waals surface area (Å²) in [4.78, 5) is 0. The number of rotatable bonds is 3. The molecule has 0 aliphatic heterocycles. The zero-order valence-electron chi connectivity index (χ0n) is 7.10. The first-order valence-corrected chi connectivity index (χ1v) is 5.39. The van der Waals surface area contributed by atoms with E-state index in [0.29, 0.717) is 6.04 Å². The van der Waals surface area contributed by atoms with Gasteiger partial charge in [-0.25, -0.2) is 0 Å². The number of hydrogen-bond acceptors (Lipinski definition) is 1. The third kappa shape index (κ3) is 4.87. The van der Waals surface area contributed by atoms with Gasteiger partial charge in [-0.05, 0) is 34.2 Å². The van der Waals surface area contributed by atoms with Gasteiger partial charge in [0, 0.05) is 6.04 Å². The van der Waals surface area contributed by atoms with Crippen LogP contribution in [0.4, 0.5) is 0 Å². The normalized spacial score (nSPS) is 15.0. The fourth-order valence-electron chi connectivity index (χ4n) is 0.556. The fraction of sp³-hybridized carbons (Fsp3) is 1.00. The second kappa shape index (κ2) is 4.24. The smallest absolute Gasteiger partial charge is 0.00467 e. The maximum Gasteiger partial charge on any atom is 0.00467 e. The molecule has 0 spiro atoms. The third-order valence-electron chi connectivity index (χ3n) is 1.24. The molecule has 0 aliphatic rings. The van der Waals surface area contributed by atoms with Gasteiger partial charge in [0.1, 0.15) is 0 Å². The van der Waals surface area contributed by atoms with Gasteiger partial charge in [-0.15, -0.1) is 0 Å². The van der Waals surface area contributed by atoms with Crippen molar-refractivity contribution in [3.63, 3.8) is 0 Å². The van der Waals surface area contributed by atoms with E-state index in [9.17, 15) is 0 Å². The highest BCUT2D eigenvalue weighted by atomic mass is 31.1. The quantitative estimate of drug-likeness (QED) is 0.604. The van der Waals surface area contributed by atoms with Crippen LogP contribution in [0.5, 0.6) is 0 Å². The summed E-state index contributed by atoms with van der Waals surface area (Å²) in [6.45, 7) is 11.2. The van der Waals surface area contributed by atoms with Crippen LogP contribution in [0.15, 0.2) is 0 Å². The Morgan fingerprint density at radius 1 is 1.11 bits per heavy atom. The molecule has 56 valence electrons. The molecule has 1 atom stereocenters. The van der Waals surface area contributed by atoms with Gasteiger partial charge < -0.3 is 0 Å². The summed E-state index contributed by atoms with van der Waals surface area (Å²) in [5.41, 5.74) is 0.808. The van der Waals surface area contributed by atoms with Gasteiger partial charge in [0.25, 0.3) is 0 Å². The van der Waals surface area contributed by atoms with Gasteiger partial charge >= 0.3 is 0 Å². The zero-order valence-corrected chi connectivity index (χ0v) is 8.00. The standard InChI is InChI=1S/C7H18NP/c1-6(2)8-9(5)7(3)4/h6-8H,1-5H3. The van der Waals surface area contributed by atoms with Gasteiger partial charge in [0.05, 0.1) is 0 Å². The Labute approximate surface area is 60.0 Å². The fourth-order valence-corrected chi connectivity index (χ4v) is 1.67. The molecule has 0 fully saturated rings. The predicted molar refractivity (Wildman–Crippen MR) is 46.3 cm³/mol. The first kappa shape index (κ1) is 9.39. The van der Waals surface area contributed by atoms with Crippen molar-refractivity contribution in [2.45, 2.75) is 39.4 Å². The van der Waals surface area contributed by atoms with E-state index in [1.807, 2.05) is 0 Å². The van der Waals surface area contributed by atoms with Crippen molar-refractivity contribution in [3.05, 3.63) is 0 Å².